The number of rotatable bonds is 4. The lowest BCUT2D eigenvalue weighted by atomic mass is 9.97. The Labute approximate surface area is 115 Å². The van der Waals surface area contributed by atoms with Crippen molar-refractivity contribution < 1.29 is 5.11 Å². The van der Waals surface area contributed by atoms with Crippen LogP contribution in [0.2, 0.25) is 0 Å². The lowest BCUT2D eigenvalue weighted by Crippen LogP contribution is -2.02. The van der Waals surface area contributed by atoms with E-state index in [1.165, 1.54) is 22.3 Å². The van der Waals surface area contributed by atoms with Gasteiger partial charge in [0.05, 0.1) is 6.10 Å². The first-order valence-electron chi connectivity index (χ1n) is 6.93. The molecule has 0 saturated carbocycles. The maximum atomic E-state index is 10.3. The second kappa shape index (κ2) is 6.03. The van der Waals surface area contributed by atoms with Crippen LogP contribution in [-0.4, -0.2) is 5.11 Å². The molecular formula is C18H22O. The molecule has 19 heavy (non-hydrogen) atoms. The predicted octanol–water partition coefficient (Wildman–Crippen LogP) is 4.14. The second-order valence-corrected chi connectivity index (χ2v) is 5.23. The zero-order valence-corrected chi connectivity index (χ0v) is 12.0. The summed E-state index contributed by atoms with van der Waals surface area (Å²) in [5.41, 5.74) is 6.02. The minimum Gasteiger partial charge on any atom is -0.388 e. The summed E-state index contributed by atoms with van der Waals surface area (Å²) >= 11 is 0. The molecular weight excluding hydrogens is 232 g/mol. The SMILES string of the molecule is CCc1ccc(CC(O)c2ccc(C)c(C)c2)cc1. The van der Waals surface area contributed by atoms with Crippen LogP contribution in [0.1, 0.15) is 40.8 Å². The molecule has 1 heteroatoms. The van der Waals surface area contributed by atoms with Crippen molar-refractivity contribution in [2.75, 3.05) is 0 Å². The Morgan fingerprint density at radius 3 is 2.11 bits per heavy atom. The fraction of sp³-hybridized carbons (Fsp3) is 0.333. The smallest absolute Gasteiger partial charge is 0.0830 e. The average molecular weight is 254 g/mol. The predicted molar refractivity (Wildman–Crippen MR) is 80.4 cm³/mol. The van der Waals surface area contributed by atoms with Crippen LogP contribution >= 0.6 is 0 Å². The Balaban J connectivity index is 2.10. The van der Waals surface area contributed by atoms with Crippen LogP contribution in [0.15, 0.2) is 42.5 Å². The van der Waals surface area contributed by atoms with E-state index in [-0.39, 0.29) is 0 Å². The Hall–Kier alpha value is -1.60. The van der Waals surface area contributed by atoms with E-state index >= 15 is 0 Å². The number of aliphatic hydroxyl groups is 1. The van der Waals surface area contributed by atoms with Crippen LogP contribution in [0.25, 0.3) is 0 Å². The van der Waals surface area contributed by atoms with Crippen LogP contribution in [0, 0.1) is 13.8 Å². The number of hydrogen-bond donors (Lipinski definition) is 1. The van der Waals surface area contributed by atoms with Crippen LogP contribution in [0.4, 0.5) is 0 Å². The third-order valence-corrected chi connectivity index (χ3v) is 3.78. The molecule has 0 radical (unpaired) electrons. The Bertz CT molecular complexity index is 540. The van der Waals surface area contributed by atoms with Crippen LogP contribution in [0.3, 0.4) is 0 Å². The summed E-state index contributed by atoms with van der Waals surface area (Å²) in [5, 5.41) is 10.3. The largest absolute Gasteiger partial charge is 0.388 e. The van der Waals surface area contributed by atoms with E-state index in [4.69, 9.17) is 0 Å². The normalized spacial score (nSPS) is 12.4. The lowest BCUT2D eigenvalue weighted by molar-refractivity contribution is 0.178. The van der Waals surface area contributed by atoms with E-state index in [2.05, 4.69) is 57.2 Å². The van der Waals surface area contributed by atoms with Crippen molar-refractivity contribution in [1.29, 1.82) is 0 Å². The van der Waals surface area contributed by atoms with Crippen molar-refractivity contribution in [3.8, 4) is 0 Å². The van der Waals surface area contributed by atoms with E-state index in [1.807, 2.05) is 6.07 Å². The summed E-state index contributed by atoms with van der Waals surface area (Å²) < 4.78 is 0. The highest BCUT2D eigenvalue weighted by atomic mass is 16.3. The average Bonchev–Trinajstić information content (AvgIpc) is 2.42. The summed E-state index contributed by atoms with van der Waals surface area (Å²) in [6.07, 6.45) is 1.30. The topological polar surface area (TPSA) is 20.2 Å². The zero-order valence-electron chi connectivity index (χ0n) is 12.0. The van der Waals surface area contributed by atoms with Crippen molar-refractivity contribution in [1.82, 2.24) is 0 Å². The minimum atomic E-state index is -0.424. The van der Waals surface area contributed by atoms with Gasteiger partial charge in [-0.2, -0.15) is 0 Å². The van der Waals surface area contributed by atoms with Crippen molar-refractivity contribution in [2.24, 2.45) is 0 Å². The molecule has 0 spiro atoms. The van der Waals surface area contributed by atoms with Gasteiger partial charge < -0.3 is 5.11 Å². The quantitative estimate of drug-likeness (QED) is 0.869. The summed E-state index contributed by atoms with van der Waals surface area (Å²) in [6, 6.07) is 14.7. The number of aliphatic hydroxyl groups excluding tert-OH is 1. The van der Waals surface area contributed by atoms with Gasteiger partial charge in [-0.25, -0.2) is 0 Å². The van der Waals surface area contributed by atoms with Crippen molar-refractivity contribution >= 4 is 0 Å². The second-order valence-electron chi connectivity index (χ2n) is 5.23. The van der Waals surface area contributed by atoms with E-state index in [1.54, 1.807) is 0 Å². The molecule has 0 aromatic heterocycles. The molecule has 0 aliphatic rings. The summed E-state index contributed by atoms with van der Waals surface area (Å²) in [5.74, 6) is 0. The maximum Gasteiger partial charge on any atom is 0.0830 e. The molecule has 1 unspecified atom stereocenters. The summed E-state index contributed by atoms with van der Waals surface area (Å²) in [4.78, 5) is 0. The molecule has 1 nitrogen and oxygen atoms in total. The highest BCUT2D eigenvalue weighted by Gasteiger charge is 2.09. The number of benzene rings is 2. The molecule has 2 aromatic carbocycles. The molecule has 0 heterocycles. The molecule has 0 fully saturated rings. The Morgan fingerprint density at radius 1 is 0.895 bits per heavy atom. The van der Waals surface area contributed by atoms with E-state index < -0.39 is 6.10 Å². The van der Waals surface area contributed by atoms with Gasteiger partial charge >= 0.3 is 0 Å². The van der Waals surface area contributed by atoms with Gasteiger partial charge in [0, 0.05) is 6.42 Å². The number of hydrogen-bond acceptors (Lipinski definition) is 1. The van der Waals surface area contributed by atoms with Gasteiger partial charge in [0.2, 0.25) is 0 Å². The first-order chi connectivity index (χ1) is 9.10. The third-order valence-electron chi connectivity index (χ3n) is 3.78. The lowest BCUT2D eigenvalue weighted by Gasteiger charge is -2.13. The molecule has 1 N–H and O–H groups in total. The van der Waals surface area contributed by atoms with Crippen molar-refractivity contribution in [2.45, 2.75) is 39.7 Å². The maximum absolute atomic E-state index is 10.3. The zero-order chi connectivity index (χ0) is 13.8. The third kappa shape index (κ3) is 3.45. The van der Waals surface area contributed by atoms with E-state index in [0.717, 1.165) is 12.0 Å². The number of aryl methyl sites for hydroxylation is 3. The molecule has 100 valence electrons. The van der Waals surface area contributed by atoms with Gasteiger partial charge in [0.1, 0.15) is 0 Å². The van der Waals surface area contributed by atoms with Crippen molar-refractivity contribution in [3.05, 3.63) is 70.3 Å². The molecule has 2 aromatic rings. The molecule has 0 aliphatic carbocycles. The molecule has 0 saturated heterocycles. The monoisotopic (exact) mass is 254 g/mol. The van der Waals surface area contributed by atoms with Gasteiger partial charge in [-0.05, 0) is 48.1 Å². The van der Waals surface area contributed by atoms with Gasteiger partial charge in [-0.3, -0.25) is 0 Å². The first-order valence-corrected chi connectivity index (χ1v) is 6.93. The van der Waals surface area contributed by atoms with E-state index in [9.17, 15) is 5.11 Å². The van der Waals surface area contributed by atoms with E-state index in [0.29, 0.717) is 6.42 Å². The van der Waals surface area contributed by atoms with Crippen LogP contribution < -0.4 is 0 Å². The van der Waals surface area contributed by atoms with Gasteiger partial charge in [-0.15, -0.1) is 0 Å². The molecule has 0 aliphatic heterocycles. The van der Waals surface area contributed by atoms with Gasteiger partial charge in [0.15, 0.2) is 0 Å². The molecule has 1 atom stereocenters. The van der Waals surface area contributed by atoms with Crippen LogP contribution in [-0.2, 0) is 12.8 Å². The fourth-order valence-electron chi connectivity index (χ4n) is 2.22. The summed E-state index contributed by atoms with van der Waals surface area (Å²) in [6.45, 7) is 6.33. The van der Waals surface area contributed by atoms with Gasteiger partial charge in [0.25, 0.3) is 0 Å². The Morgan fingerprint density at radius 2 is 1.53 bits per heavy atom. The van der Waals surface area contributed by atoms with Crippen molar-refractivity contribution in [3.63, 3.8) is 0 Å². The highest BCUT2D eigenvalue weighted by Crippen LogP contribution is 2.21. The molecule has 2 rings (SSSR count). The highest BCUT2D eigenvalue weighted by molar-refractivity contribution is 5.32. The molecule has 0 amide bonds. The Kier molecular flexibility index (Phi) is 4.39. The fourth-order valence-corrected chi connectivity index (χ4v) is 2.22. The standard InChI is InChI=1S/C18H22O/c1-4-15-6-8-16(9-7-15)12-18(19)17-10-5-13(2)14(3)11-17/h5-11,18-19H,4,12H2,1-3H3. The first kappa shape index (κ1) is 13.8. The van der Waals surface area contributed by atoms with Crippen LogP contribution in [0.5, 0.6) is 0 Å². The minimum absolute atomic E-state index is 0.424. The summed E-state index contributed by atoms with van der Waals surface area (Å²) in [7, 11) is 0. The van der Waals surface area contributed by atoms with Gasteiger partial charge in [-0.1, -0.05) is 49.4 Å². The molecule has 0 bridgehead atoms.